The average Bonchev–Trinajstić information content (AvgIpc) is 3.73. The van der Waals surface area contributed by atoms with E-state index in [0.717, 1.165) is 109 Å². The van der Waals surface area contributed by atoms with Crippen molar-refractivity contribution in [3.63, 3.8) is 0 Å². The van der Waals surface area contributed by atoms with Crippen LogP contribution in [-0.4, -0.2) is 96.7 Å². The maximum atomic E-state index is 13.0. The van der Waals surface area contributed by atoms with Gasteiger partial charge in [-0.25, -0.2) is 9.13 Å². The van der Waals surface area contributed by atoms with E-state index in [4.69, 9.17) is 37.0 Å². The highest BCUT2D eigenvalue weighted by molar-refractivity contribution is 7.47. The van der Waals surface area contributed by atoms with Gasteiger partial charge in [0.05, 0.1) is 26.4 Å². The fraction of sp³-hybridized carbons (Fsp3) is 0.944. The highest BCUT2D eigenvalue weighted by Crippen LogP contribution is 2.45. The predicted molar refractivity (Wildman–Crippen MR) is 368 cm³/mol. The molecule has 0 aliphatic carbocycles. The maximum absolute atomic E-state index is 13.0. The van der Waals surface area contributed by atoms with Crippen LogP contribution >= 0.6 is 15.6 Å². The largest absolute Gasteiger partial charge is 0.472 e. The second kappa shape index (κ2) is 65.4. The van der Waals surface area contributed by atoms with Crippen LogP contribution in [0.2, 0.25) is 0 Å². The van der Waals surface area contributed by atoms with Crippen molar-refractivity contribution in [1.29, 1.82) is 0 Å². The third-order valence-electron chi connectivity index (χ3n) is 17.1. The third kappa shape index (κ3) is 65.1. The standard InChI is InChI=1S/C72H140O17P2/c1-6-10-13-16-19-21-23-25-27-28-29-30-32-34-36-38-41-47-52-57-71(76)88-67(62-83-70(75)56-51-46-40-37-35-33-31-26-24-22-20-17-14-11-7-2)63-86-90(78,79)84-59-66(73)60-85-91(80,81)87-64-68(61-82-69(74)55-50-45-39-18-15-12-8-3)89-72(77)58-53-48-43-42-44-49-54-65(5)9-4/h65-68,73H,6-64H2,1-5H3,(H,78,79)(H,80,81)/t65?,66-,67-,68-/m1/s1. The Morgan fingerprint density at radius 1 is 0.308 bits per heavy atom. The van der Waals surface area contributed by atoms with Crippen molar-refractivity contribution < 1.29 is 80.2 Å². The molecule has 0 aliphatic heterocycles. The summed E-state index contributed by atoms with van der Waals surface area (Å²) < 4.78 is 68.2. The van der Waals surface area contributed by atoms with Gasteiger partial charge in [0.1, 0.15) is 19.3 Å². The quantitative estimate of drug-likeness (QED) is 0.0222. The summed E-state index contributed by atoms with van der Waals surface area (Å²) in [6.45, 7) is 7.17. The number of hydrogen-bond acceptors (Lipinski definition) is 15. The number of ether oxygens (including phenoxy) is 4. The molecule has 0 heterocycles. The van der Waals surface area contributed by atoms with Crippen LogP contribution in [0.25, 0.3) is 0 Å². The summed E-state index contributed by atoms with van der Waals surface area (Å²) in [6.07, 6.45) is 53.0. The SMILES string of the molecule is CCCCCCCCCCCCCCCCCCCCCC(=O)O[C@H](COC(=O)CCCCCCCCCCCCCCCCC)COP(=O)(O)OC[C@@H](O)COP(=O)(O)OC[C@@H](COC(=O)CCCCCCCCC)OC(=O)CCCCCCCCC(C)CC. The number of aliphatic hydroxyl groups excluding tert-OH is 1. The topological polar surface area (TPSA) is 237 Å². The smallest absolute Gasteiger partial charge is 0.462 e. The Morgan fingerprint density at radius 2 is 0.527 bits per heavy atom. The molecule has 6 atom stereocenters. The minimum absolute atomic E-state index is 0.103. The van der Waals surface area contributed by atoms with Gasteiger partial charge in [0.15, 0.2) is 12.2 Å². The first-order valence-corrected chi connectivity index (χ1v) is 40.7. The van der Waals surface area contributed by atoms with Crippen LogP contribution in [0.3, 0.4) is 0 Å². The second-order valence-corrected chi connectivity index (χ2v) is 29.1. The average molecular weight is 1340 g/mol. The molecule has 3 unspecified atom stereocenters. The number of carbonyl (C=O) groups excluding carboxylic acids is 4. The second-order valence-electron chi connectivity index (χ2n) is 26.2. The Bertz CT molecular complexity index is 1760. The molecule has 0 saturated heterocycles. The van der Waals surface area contributed by atoms with Crippen molar-refractivity contribution in [1.82, 2.24) is 0 Å². The molecule has 17 nitrogen and oxygen atoms in total. The van der Waals surface area contributed by atoms with Crippen LogP contribution in [-0.2, 0) is 65.4 Å². The van der Waals surface area contributed by atoms with Gasteiger partial charge in [0, 0.05) is 25.7 Å². The number of phosphoric ester groups is 2. The molecule has 91 heavy (non-hydrogen) atoms. The minimum atomic E-state index is -4.95. The Kier molecular flexibility index (Phi) is 64.0. The molecule has 540 valence electrons. The van der Waals surface area contributed by atoms with Crippen molar-refractivity contribution in [3.05, 3.63) is 0 Å². The number of unbranched alkanes of at least 4 members (excludes halogenated alkanes) is 43. The van der Waals surface area contributed by atoms with E-state index in [1.54, 1.807) is 0 Å². The summed E-state index contributed by atoms with van der Waals surface area (Å²) in [5, 5.41) is 10.6. The Morgan fingerprint density at radius 3 is 0.780 bits per heavy atom. The van der Waals surface area contributed by atoms with Crippen LogP contribution < -0.4 is 0 Å². The molecular weight excluding hydrogens is 1200 g/mol. The lowest BCUT2D eigenvalue weighted by atomic mass is 10.00. The molecule has 0 amide bonds. The van der Waals surface area contributed by atoms with E-state index in [2.05, 4.69) is 34.6 Å². The normalized spacial score (nSPS) is 14.3. The Labute approximate surface area is 556 Å². The molecule has 3 N–H and O–H groups in total. The van der Waals surface area contributed by atoms with E-state index in [0.29, 0.717) is 25.7 Å². The van der Waals surface area contributed by atoms with Crippen LogP contribution in [0, 0.1) is 5.92 Å². The van der Waals surface area contributed by atoms with E-state index in [1.807, 2.05) is 0 Å². The predicted octanol–water partition coefficient (Wildman–Crippen LogP) is 20.9. The van der Waals surface area contributed by atoms with Gasteiger partial charge in [-0.1, -0.05) is 324 Å². The van der Waals surface area contributed by atoms with E-state index in [-0.39, 0.29) is 25.7 Å². The summed E-state index contributed by atoms with van der Waals surface area (Å²) in [5.41, 5.74) is 0. The van der Waals surface area contributed by atoms with Crippen LogP contribution in [0.5, 0.6) is 0 Å². The van der Waals surface area contributed by atoms with Crippen LogP contribution in [0.4, 0.5) is 0 Å². The van der Waals surface area contributed by atoms with E-state index in [9.17, 15) is 43.2 Å². The van der Waals surface area contributed by atoms with Crippen molar-refractivity contribution in [2.24, 2.45) is 5.92 Å². The summed E-state index contributed by atoms with van der Waals surface area (Å²) in [4.78, 5) is 72.5. The lowest BCUT2D eigenvalue weighted by Crippen LogP contribution is -2.30. The van der Waals surface area contributed by atoms with Gasteiger partial charge in [0.2, 0.25) is 0 Å². The van der Waals surface area contributed by atoms with Crippen molar-refractivity contribution >= 4 is 39.5 Å². The number of phosphoric acid groups is 2. The van der Waals surface area contributed by atoms with Gasteiger partial charge in [-0.3, -0.25) is 37.3 Å². The van der Waals surface area contributed by atoms with Gasteiger partial charge >= 0.3 is 39.5 Å². The van der Waals surface area contributed by atoms with E-state index >= 15 is 0 Å². The minimum Gasteiger partial charge on any atom is -0.462 e. The fourth-order valence-electron chi connectivity index (χ4n) is 11.0. The number of carbonyl (C=O) groups is 4. The molecule has 0 saturated carbocycles. The van der Waals surface area contributed by atoms with Crippen molar-refractivity contribution in [3.8, 4) is 0 Å². The highest BCUT2D eigenvalue weighted by atomic mass is 31.2. The molecular formula is C72H140O17P2. The summed E-state index contributed by atoms with van der Waals surface area (Å²) in [5.74, 6) is -1.41. The molecule has 0 aromatic rings. The Balaban J connectivity index is 5.18. The lowest BCUT2D eigenvalue weighted by Gasteiger charge is -2.21. The van der Waals surface area contributed by atoms with Crippen molar-refractivity contribution in [2.75, 3.05) is 39.6 Å². The van der Waals surface area contributed by atoms with E-state index in [1.165, 1.54) is 186 Å². The van der Waals surface area contributed by atoms with Gasteiger partial charge in [-0.05, 0) is 31.6 Å². The molecule has 0 fully saturated rings. The fourth-order valence-corrected chi connectivity index (χ4v) is 12.5. The number of aliphatic hydroxyl groups is 1. The monoisotopic (exact) mass is 1340 g/mol. The molecule has 0 spiro atoms. The first-order chi connectivity index (χ1) is 44.1. The summed E-state index contributed by atoms with van der Waals surface area (Å²) in [6, 6.07) is 0. The molecule has 0 aromatic carbocycles. The third-order valence-corrected chi connectivity index (χ3v) is 19.0. The first kappa shape index (κ1) is 89.1. The zero-order valence-corrected chi connectivity index (χ0v) is 60.8. The summed E-state index contributed by atoms with van der Waals surface area (Å²) in [7, 11) is -9.90. The molecule has 0 rings (SSSR count). The van der Waals surface area contributed by atoms with Gasteiger partial charge in [-0.2, -0.15) is 0 Å². The molecule has 0 bridgehead atoms. The zero-order valence-electron chi connectivity index (χ0n) is 59.0. The number of rotatable bonds is 72. The Hall–Kier alpha value is -1.94. The maximum Gasteiger partial charge on any atom is 0.472 e. The number of esters is 4. The summed E-state index contributed by atoms with van der Waals surface area (Å²) >= 11 is 0. The molecule has 0 radical (unpaired) electrons. The van der Waals surface area contributed by atoms with E-state index < -0.39 is 97.5 Å². The molecule has 0 aliphatic rings. The zero-order chi connectivity index (χ0) is 67.0. The van der Waals surface area contributed by atoms with Crippen LogP contribution in [0.1, 0.15) is 375 Å². The van der Waals surface area contributed by atoms with Crippen LogP contribution in [0.15, 0.2) is 0 Å². The van der Waals surface area contributed by atoms with Gasteiger partial charge < -0.3 is 33.8 Å². The van der Waals surface area contributed by atoms with Gasteiger partial charge in [0.25, 0.3) is 0 Å². The van der Waals surface area contributed by atoms with Crippen molar-refractivity contribution in [2.45, 2.75) is 393 Å². The lowest BCUT2D eigenvalue weighted by molar-refractivity contribution is -0.161. The highest BCUT2D eigenvalue weighted by Gasteiger charge is 2.30. The molecule has 19 heteroatoms. The first-order valence-electron chi connectivity index (χ1n) is 37.7. The number of hydrogen-bond donors (Lipinski definition) is 3. The van der Waals surface area contributed by atoms with Gasteiger partial charge in [-0.15, -0.1) is 0 Å². The molecule has 0 aromatic heterocycles.